The number of hydrogen-bond donors (Lipinski definition) is 1. The number of amides is 3. The van der Waals surface area contributed by atoms with E-state index in [-0.39, 0.29) is 6.54 Å². The number of imide groups is 1. The lowest BCUT2D eigenvalue weighted by molar-refractivity contribution is -0.274. The summed E-state index contributed by atoms with van der Waals surface area (Å²) in [6.45, 7) is 1.53. The lowest BCUT2D eigenvalue weighted by Gasteiger charge is -2.22. The average molecular weight is 394 g/mol. The first kappa shape index (κ1) is 19.5. The molecule has 1 fully saturated rings. The number of carbonyl (C=O) groups excluding carboxylic acids is 2. The summed E-state index contributed by atoms with van der Waals surface area (Å²) in [5.41, 5.74) is -0.360. The van der Waals surface area contributed by atoms with Gasteiger partial charge in [0.15, 0.2) is 0 Å². The van der Waals surface area contributed by atoms with Crippen molar-refractivity contribution in [1.29, 1.82) is 0 Å². The van der Waals surface area contributed by atoms with Crippen LogP contribution in [0.5, 0.6) is 11.5 Å². The number of carbonyl (C=O) groups is 2. The molecule has 3 rings (SSSR count). The smallest absolute Gasteiger partial charge is 0.497 e. The number of rotatable bonds is 5. The third kappa shape index (κ3) is 3.88. The van der Waals surface area contributed by atoms with Gasteiger partial charge in [-0.2, -0.15) is 0 Å². The minimum Gasteiger partial charge on any atom is -0.497 e. The van der Waals surface area contributed by atoms with Gasteiger partial charge in [-0.3, -0.25) is 9.69 Å². The number of hydrogen-bond acceptors (Lipinski definition) is 4. The predicted molar refractivity (Wildman–Crippen MR) is 92.6 cm³/mol. The van der Waals surface area contributed by atoms with Crippen molar-refractivity contribution < 1.29 is 32.2 Å². The molecule has 2 aromatic rings. The molecule has 1 unspecified atom stereocenters. The van der Waals surface area contributed by atoms with Gasteiger partial charge in [0.05, 0.1) is 13.7 Å². The van der Waals surface area contributed by atoms with Gasteiger partial charge < -0.3 is 14.8 Å². The molecule has 148 valence electrons. The number of alkyl halides is 3. The van der Waals surface area contributed by atoms with Crippen LogP contribution in [0, 0.1) is 0 Å². The number of benzene rings is 2. The van der Waals surface area contributed by atoms with Crippen LogP contribution in [0.3, 0.4) is 0 Å². The lowest BCUT2D eigenvalue weighted by atomic mass is 9.92. The maximum atomic E-state index is 12.9. The normalized spacial score (nSPS) is 19.5. The van der Waals surface area contributed by atoms with E-state index in [2.05, 4.69) is 10.1 Å². The highest BCUT2D eigenvalue weighted by Gasteiger charge is 2.49. The van der Waals surface area contributed by atoms with E-state index in [0.717, 1.165) is 17.0 Å². The molecule has 1 saturated heterocycles. The van der Waals surface area contributed by atoms with Crippen molar-refractivity contribution in [2.45, 2.75) is 25.4 Å². The Morgan fingerprint density at radius 1 is 1.07 bits per heavy atom. The maximum absolute atomic E-state index is 12.9. The van der Waals surface area contributed by atoms with Gasteiger partial charge in [0.1, 0.15) is 17.0 Å². The fraction of sp³-hybridized carbons (Fsp3) is 0.263. The second-order valence-corrected chi connectivity index (χ2v) is 6.37. The molecule has 0 spiro atoms. The molecule has 0 aliphatic carbocycles. The minimum absolute atomic E-state index is 0.0344. The molecule has 28 heavy (non-hydrogen) atoms. The molecule has 9 heteroatoms. The highest BCUT2D eigenvalue weighted by atomic mass is 19.4. The standard InChI is InChI=1S/C19H17F3N2O4/c1-18(13-6-8-14(9-7-13)28-19(20,21)22)16(25)24(17(26)23-18)11-12-4-3-5-15(10-12)27-2/h3-10H,11H2,1-2H3,(H,23,26). The zero-order chi connectivity index (χ0) is 20.5. The van der Waals surface area contributed by atoms with Crippen molar-refractivity contribution >= 4 is 11.9 Å². The molecule has 1 aliphatic heterocycles. The average Bonchev–Trinajstić information content (AvgIpc) is 2.85. The summed E-state index contributed by atoms with van der Waals surface area (Å²) < 4.78 is 45.8. The Morgan fingerprint density at radius 3 is 2.36 bits per heavy atom. The van der Waals surface area contributed by atoms with Gasteiger partial charge >= 0.3 is 12.4 Å². The summed E-state index contributed by atoms with van der Waals surface area (Å²) in [6.07, 6.45) is -4.81. The van der Waals surface area contributed by atoms with E-state index in [1.54, 1.807) is 24.3 Å². The Balaban J connectivity index is 1.81. The fourth-order valence-electron chi connectivity index (χ4n) is 2.98. The van der Waals surface area contributed by atoms with E-state index in [0.29, 0.717) is 16.9 Å². The predicted octanol–water partition coefficient (Wildman–Crippen LogP) is 3.56. The van der Waals surface area contributed by atoms with Crippen molar-refractivity contribution in [1.82, 2.24) is 10.2 Å². The van der Waals surface area contributed by atoms with Crippen molar-refractivity contribution in [2.75, 3.05) is 7.11 Å². The van der Waals surface area contributed by atoms with Crippen LogP contribution in [0.15, 0.2) is 48.5 Å². The van der Waals surface area contributed by atoms with Crippen LogP contribution in [0.2, 0.25) is 0 Å². The molecule has 0 bridgehead atoms. The Morgan fingerprint density at radius 2 is 1.75 bits per heavy atom. The molecular weight excluding hydrogens is 377 g/mol. The second-order valence-electron chi connectivity index (χ2n) is 6.37. The third-order valence-corrected chi connectivity index (χ3v) is 4.42. The zero-order valence-corrected chi connectivity index (χ0v) is 15.0. The van der Waals surface area contributed by atoms with Gasteiger partial charge in [0, 0.05) is 0 Å². The molecule has 0 saturated carbocycles. The van der Waals surface area contributed by atoms with Crippen LogP contribution in [-0.4, -0.2) is 30.3 Å². The first-order valence-corrected chi connectivity index (χ1v) is 8.26. The Bertz CT molecular complexity index is 899. The van der Waals surface area contributed by atoms with Crippen LogP contribution in [-0.2, 0) is 16.9 Å². The van der Waals surface area contributed by atoms with Crippen LogP contribution >= 0.6 is 0 Å². The Hall–Kier alpha value is -3.23. The van der Waals surface area contributed by atoms with Gasteiger partial charge in [-0.25, -0.2) is 4.79 Å². The van der Waals surface area contributed by atoms with Crippen LogP contribution in [0.1, 0.15) is 18.1 Å². The molecule has 2 aromatic carbocycles. The van der Waals surface area contributed by atoms with Crippen molar-refractivity contribution in [3.63, 3.8) is 0 Å². The minimum atomic E-state index is -4.81. The quantitative estimate of drug-likeness (QED) is 0.788. The van der Waals surface area contributed by atoms with E-state index in [4.69, 9.17) is 4.74 Å². The molecule has 1 heterocycles. The van der Waals surface area contributed by atoms with Crippen LogP contribution in [0.25, 0.3) is 0 Å². The van der Waals surface area contributed by atoms with E-state index < -0.39 is 29.6 Å². The summed E-state index contributed by atoms with van der Waals surface area (Å²) in [6, 6.07) is 11.2. The van der Waals surface area contributed by atoms with Crippen LogP contribution < -0.4 is 14.8 Å². The molecule has 1 aliphatic rings. The molecular formula is C19H17F3N2O4. The third-order valence-electron chi connectivity index (χ3n) is 4.42. The SMILES string of the molecule is COc1cccc(CN2C(=O)NC(C)(c3ccc(OC(F)(F)F)cc3)C2=O)c1. The maximum Gasteiger partial charge on any atom is 0.573 e. The first-order valence-electron chi connectivity index (χ1n) is 8.26. The van der Waals surface area contributed by atoms with Gasteiger partial charge in [-0.15, -0.1) is 13.2 Å². The Labute approximate surface area is 158 Å². The van der Waals surface area contributed by atoms with E-state index in [1.165, 1.54) is 26.2 Å². The summed E-state index contributed by atoms with van der Waals surface area (Å²) in [4.78, 5) is 26.3. The highest BCUT2D eigenvalue weighted by Crippen LogP contribution is 2.32. The molecule has 0 radical (unpaired) electrons. The van der Waals surface area contributed by atoms with Crippen LogP contribution in [0.4, 0.5) is 18.0 Å². The molecule has 1 N–H and O–H groups in total. The zero-order valence-electron chi connectivity index (χ0n) is 15.0. The highest BCUT2D eigenvalue weighted by molar-refractivity contribution is 6.07. The van der Waals surface area contributed by atoms with Crippen molar-refractivity contribution in [2.24, 2.45) is 0 Å². The number of urea groups is 1. The summed E-state index contributed by atoms with van der Waals surface area (Å²) >= 11 is 0. The van der Waals surface area contributed by atoms with Crippen molar-refractivity contribution in [3.8, 4) is 11.5 Å². The molecule has 1 atom stereocenters. The first-order chi connectivity index (χ1) is 13.1. The summed E-state index contributed by atoms with van der Waals surface area (Å²) in [5.74, 6) is -0.331. The Kier molecular flexibility index (Phi) is 4.93. The van der Waals surface area contributed by atoms with Gasteiger partial charge in [-0.05, 0) is 42.3 Å². The van der Waals surface area contributed by atoms with E-state index in [1.807, 2.05) is 0 Å². The van der Waals surface area contributed by atoms with Gasteiger partial charge in [-0.1, -0.05) is 24.3 Å². The van der Waals surface area contributed by atoms with Crippen molar-refractivity contribution in [3.05, 3.63) is 59.7 Å². The number of nitrogens with one attached hydrogen (secondary N) is 1. The van der Waals surface area contributed by atoms with Gasteiger partial charge in [0.2, 0.25) is 0 Å². The molecule has 0 aromatic heterocycles. The summed E-state index contributed by atoms with van der Waals surface area (Å²) in [7, 11) is 1.51. The largest absolute Gasteiger partial charge is 0.573 e. The number of ether oxygens (including phenoxy) is 2. The topological polar surface area (TPSA) is 67.9 Å². The monoisotopic (exact) mass is 394 g/mol. The molecule has 3 amide bonds. The molecule has 6 nitrogen and oxygen atoms in total. The lowest BCUT2D eigenvalue weighted by Crippen LogP contribution is -2.40. The fourth-order valence-corrected chi connectivity index (χ4v) is 2.98. The summed E-state index contributed by atoms with van der Waals surface area (Å²) in [5, 5.41) is 2.61. The van der Waals surface area contributed by atoms with Gasteiger partial charge in [0.25, 0.3) is 5.91 Å². The number of nitrogens with zero attached hydrogens (tertiary/aromatic N) is 1. The number of methoxy groups -OCH3 is 1. The number of halogens is 3. The van der Waals surface area contributed by atoms with E-state index in [9.17, 15) is 22.8 Å². The second kappa shape index (κ2) is 7.06. The van der Waals surface area contributed by atoms with E-state index >= 15 is 0 Å².